The highest BCUT2D eigenvalue weighted by Gasteiger charge is 2.70. The van der Waals surface area contributed by atoms with E-state index in [0.717, 1.165) is 0 Å². The number of nitrogens with one attached hydrogen (secondary N) is 2. The molecule has 2 saturated heterocycles. The molecule has 0 saturated carbocycles. The Balaban J connectivity index is 1.58. The second-order valence-electron chi connectivity index (χ2n) is 8.91. The molecule has 3 aliphatic heterocycles. The molecule has 4 N–H and O–H groups in total. The normalized spacial score (nSPS) is 27.4. The number of likely N-dealkylation sites (tertiary alicyclic amines) is 1. The molecular weight excluding hydrogens is 462 g/mol. The van der Waals surface area contributed by atoms with Crippen molar-refractivity contribution in [2.45, 2.75) is 24.4 Å². The van der Waals surface area contributed by atoms with E-state index in [1.807, 2.05) is 0 Å². The quantitative estimate of drug-likeness (QED) is 0.279. The Kier molecular flexibility index (Phi) is 5.50. The monoisotopic (exact) mass is 485 g/mol. The molecule has 0 aliphatic carbocycles. The Bertz CT molecular complexity index is 1200. The maximum absolute atomic E-state index is 13.6. The van der Waals surface area contributed by atoms with Gasteiger partial charge in [0.1, 0.15) is 5.54 Å². The number of fused-ring (bicyclic) bond motifs is 4. The summed E-state index contributed by atoms with van der Waals surface area (Å²) in [6, 6.07) is 8.82. The minimum atomic E-state index is -1.45. The van der Waals surface area contributed by atoms with Crippen molar-refractivity contribution >= 4 is 35.0 Å². The van der Waals surface area contributed by atoms with Gasteiger partial charge in [0.15, 0.2) is 11.5 Å². The molecule has 3 amide bonds. The summed E-state index contributed by atoms with van der Waals surface area (Å²) in [5, 5.41) is 26.2. The third-order valence-electron chi connectivity index (χ3n) is 6.99. The maximum atomic E-state index is 13.6. The Morgan fingerprint density at radius 1 is 1.09 bits per heavy atom. The minimum absolute atomic E-state index is 0.200. The first-order valence-corrected chi connectivity index (χ1v) is 11.4. The second kappa shape index (κ2) is 8.26. The van der Waals surface area contributed by atoms with Crippen LogP contribution in [0, 0.1) is 11.8 Å². The lowest BCUT2D eigenvalue weighted by molar-refractivity contribution is -0.143. The molecule has 2 aromatic carbocycles. The largest absolute Gasteiger partial charge is 0.504 e. The summed E-state index contributed by atoms with van der Waals surface area (Å²) in [5.74, 6) is -3.43. The first-order valence-electron chi connectivity index (χ1n) is 11.0. The number of rotatable bonds is 6. The number of ether oxygens (including phenoxy) is 1. The van der Waals surface area contributed by atoms with Crippen molar-refractivity contribution in [2.24, 2.45) is 11.8 Å². The highest BCUT2D eigenvalue weighted by atomic mass is 35.5. The van der Waals surface area contributed by atoms with Crippen LogP contribution in [-0.4, -0.2) is 59.1 Å². The van der Waals surface area contributed by atoms with Crippen LogP contribution in [0.15, 0.2) is 36.4 Å². The molecule has 2 fully saturated rings. The van der Waals surface area contributed by atoms with Gasteiger partial charge in [-0.1, -0.05) is 17.7 Å². The fourth-order valence-electron chi connectivity index (χ4n) is 5.55. The average Bonchev–Trinajstić information content (AvgIpc) is 3.37. The van der Waals surface area contributed by atoms with Gasteiger partial charge in [0.05, 0.1) is 11.8 Å². The molecule has 0 bridgehead atoms. The van der Waals surface area contributed by atoms with Gasteiger partial charge in [-0.2, -0.15) is 0 Å². The van der Waals surface area contributed by atoms with E-state index in [-0.39, 0.29) is 30.4 Å². The van der Waals surface area contributed by atoms with E-state index in [4.69, 9.17) is 16.3 Å². The van der Waals surface area contributed by atoms with Crippen molar-refractivity contribution in [1.82, 2.24) is 10.2 Å². The Morgan fingerprint density at radius 3 is 2.62 bits per heavy atom. The van der Waals surface area contributed by atoms with Crippen molar-refractivity contribution in [3.8, 4) is 11.5 Å². The van der Waals surface area contributed by atoms with E-state index in [0.29, 0.717) is 34.9 Å². The van der Waals surface area contributed by atoms with E-state index < -0.39 is 35.2 Å². The molecule has 5 rings (SSSR count). The summed E-state index contributed by atoms with van der Waals surface area (Å²) in [5.41, 5.74) is 0.279. The van der Waals surface area contributed by atoms with E-state index in [9.17, 15) is 24.6 Å². The van der Waals surface area contributed by atoms with Crippen molar-refractivity contribution in [3.05, 3.63) is 52.5 Å². The molecule has 3 heterocycles. The molecule has 34 heavy (non-hydrogen) atoms. The average molecular weight is 486 g/mol. The molecule has 2 aromatic rings. The standard InChI is InChI=1S/C24H24ClN3O6/c1-34-8-2-7-28-21(31)19-16(9-12-3-6-17(29)18(30)10-12)27-24(20(19)22(28)32)14-11-13(25)4-5-15(14)26-23(24)33/h3-6,10-11,16,19-20,27,29-30H,2,7-9H2,1H3,(H,26,33)/t16-,19+,20-,24+/m0/s1. The number of amides is 3. The zero-order valence-corrected chi connectivity index (χ0v) is 19.1. The fourth-order valence-corrected chi connectivity index (χ4v) is 5.72. The predicted molar refractivity (Wildman–Crippen MR) is 122 cm³/mol. The first-order chi connectivity index (χ1) is 16.3. The van der Waals surface area contributed by atoms with E-state index >= 15 is 0 Å². The second-order valence-corrected chi connectivity index (χ2v) is 9.34. The summed E-state index contributed by atoms with van der Waals surface area (Å²) in [6.45, 7) is 0.594. The molecule has 9 nitrogen and oxygen atoms in total. The number of carbonyl (C=O) groups is 3. The number of nitrogens with zero attached hydrogens (tertiary/aromatic N) is 1. The van der Waals surface area contributed by atoms with Crippen molar-refractivity contribution < 1.29 is 29.3 Å². The van der Waals surface area contributed by atoms with E-state index in [1.54, 1.807) is 31.4 Å². The molecule has 10 heteroatoms. The summed E-state index contributed by atoms with van der Waals surface area (Å²) in [4.78, 5) is 41.8. The third kappa shape index (κ3) is 3.26. The number of benzene rings is 2. The lowest BCUT2D eigenvalue weighted by atomic mass is 9.76. The van der Waals surface area contributed by atoms with Gasteiger partial charge < -0.3 is 20.3 Å². The van der Waals surface area contributed by atoms with Crippen LogP contribution < -0.4 is 10.6 Å². The first kappa shape index (κ1) is 22.6. The van der Waals surface area contributed by atoms with Crippen LogP contribution in [0.2, 0.25) is 5.02 Å². The van der Waals surface area contributed by atoms with E-state index in [2.05, 4.69) is 10.6 Å². The van der Waals surface area contributed by atoms with Gasteiger partial charge in [0.25, 0.3) is 0 Å². The number of imide groups is 1. The number of carbonyl (C=O) groups excluding carboxylic acids is 3. The topological polar surface area (TPSA) is 128 Å². The summed E-state index contributed by atoms with van der Waals surface area (Å²) in [6.07, 6.45) is 0.740. The van der Waals surface area contributed by atoms with Gasteiger partial charge in [-0.25, -0.2) is 0 Å². The van der Waals surface area contributed by atoms with Gasteiger partial charge in [-0.15, -0.1) is 0 Å². The van der Waals surface area contributed by atoms with Crippen LogP contribution in [0.5, 0.6) is 11.5 Å². The van der Waals surface area contributed by atoms with Gasteiger partial charge in [-0.3, -0.25) is 24.6 Å². The number of hydrogen-bond acceptors (Lipinski definition) is 7. The molecule has 4 atom stereocenters. The van der Waals surface area contributed by atoms with Gasteiger partial charge in [-0.05, 0) is 48.7 Å². The number of anilines is 1. The summed E-state index contributed by atoms with van der Waals surface area (Å²) < 4.78 is 5.07. The highest BCUT2D eigenvalue weighted by Crippen LogP contribution is 2.53. The molecular formula is C24H24ClN3O6. The van der Waals surface area contributed by atoms with Crippen molar-refractivity contribution in [2.75, 3.05) is 25.6 Å². The van der Waals surface area contributed by atoms with Crippen LogP contribution in [0.1, 0.15) is 17.5 Å². The molecule has 0 aromatic heterocycles. The molecule has 0 unspecified atom stereocenters. The smallest absolute Gasteiger partial charge is 0.250 e. The lowest BCUT2D eigenvalue weighted by Crippen LogP contribution is -2.53. The maximum Gasteiger partial charge on any atom is 0.250 e. The van der Waals surface area contributed by atoms with Crippen LogP contribution in [0.25, 0.3) is 0 Å². The van der Waals surface area contributed by atoms with Gasteiger partial charge >= 0.3 is 0 Å². The predicted octanol–water partition coefficient (Wildman–Crippen LogP) is 1.75. The third-order valence-corrected chi connectivity index (χ3v) is 7.23. The Hall–Kier alpha value is -3.14. The van der Waals surface area contributed by atoms with Gasteiger partial charge in [0.2, 0.25) is 17.7 Å². The zero-order chi connectivity index (χ0) is 24.2. The van der Waals surface area contributed by atoms with Crippen molar-refractivity contribution in [3.63, 3.8) is 0 Å². The number of hydrogen-bond donors (Lipinski definition) is 4. The lowest BCUT2D eigenvalue weighted by Gasteiger charge is -2.29. The molecule has 3 aliphatic rings. The van der Waals surface area contributed by atoms with Crippen LogP contribution in [-0.2, 0) is 31.1 Å². The summed E-state index contributed by atoms with van der Waals surface area (Å²) in [7, 11) is 1.55. The minimum Gasteiger partial charge on any atom is -0.504 e. The number of phenols is 2. The number of phenolic OH excluding ortho intramolecular Hbond substituents is 2. The number of methoxy groups -OCH3 is 1. The number of aromatic hydroxyl groups is 2. The summed E-state index contributed by atoms with van der Waals surface area (Å²) >= 11 is 6.26. The highest BCUT2D eigenvalue weighted by molar-refractivity contribution is 6.31. The van der Waals surface area contributed by atoms with Crippen molar-refractivity contribution in [1.29, 1.82) is 0 Å². The Labute approximate surface area is 200 Å². The zero-order valence-electron chi connectivity index (χ0n) is 18.4. The molecule has 1 spiro atoms. The Morgan fingerprint density at radius 2 is 1.88 bits per heavy atom. The van der Waals surface area contributed by atoms with Crippen LogP contribution >= 0.6 is 11.6 Å². The SMILES string of the molecule is COCCCN1C(=O)[C@@H]2[C@H](Cc3ccc(O)c(O)c3)N[C@@]3(C(=O)Nc4ccc(Cl)cc43)[C@@H]2C1=O. The van der Waals surface area contributed by atoms with E-state index in [1.165, 1.54) is 17.0 Å². The fraction of sp³-hybridized carbons (Fsp3) is 0.375. The molecule has 178 valence electrons. The number of halogens is 1. The van der Waals surface area contributed by atoms with Crippen LogP contribution in [0.3, 0.4) is 0 Å². The van der Waals surface area contributed by atoms with Crippen LogP contribution in [0.4, 0.5) is 5.69 Å². The van der Waals surface area contributed by atoms with Gasteiger partial charge in [0, 0.05) is 42.6 Å². The molecule has 0 radical (unpaired) electrons.